The van der Waals surface area contributed by atoms with Crippen LogP contribution in [0.1, 0.15) is 11.1 Å². The van der Waals surface area contributed by atoms with Gasteiger partial charge in [0.1, 0.15) is 5.75 Å². The van der Waals surface area contributed by atoms with Gasteiger partial charge in [-0.15, -0.1) is 10.2 Å². The van der Waals surface area contributed by atoms with Crippen LogP contribution in [0.4, 0.5) is 5.82 Å². The van der Waals surface area contributed by atoms with Crippen molar-refractivity contribution in [1.82, 2.24) is 20.0 Å². The van der Waals surface area contributed by atoms with E-state index in [0.717, 1.165) is 5.56 Å². The molecule has 0 fully saturated rings. The molecule has 3 aromatic rings. The second-order valence-corrected chi connectivity index (χ2v) is 4.70. The molecule has 0 saturated heterocycles. The Bertz CT molecular complexity index is 889. The van der Waals surface area contributed by atoms with Gasteiger partial charge >= 0.3 is 0 Å². The molecule has 0 aliphatic heterocycles. The van der Waals surface area contributed by atoms with Crippen molar-refractivity contribution in [2.75, 3.05) is 5.73 Å². The fraction of sp³-hybridized carbons (Fsp3) is 0.0625. The number of anilines is 1. The third kappa shape index (κ3) is 2.74. The summed E-state index contributed by atoms with van der Waals surface area (Å²) in [7, 11) is 1.82. The van der Waals surface area contributed by atoms with Crippen LogP contribution in [0.5, 0.6) is 5.75 Å². The molecular formula is C16H13N5O. The van der Waals surface area contributed by atoms with Gasteiger partial charge in [0.25, 0.3) is 0 Å². The summed E-state index contributed by atoms with van der Waals surface area (Å²) in [5.41, 5.74) is 8.25. The predicted octanol–water partition coefficient (Wildman–Crippen LogP) is 1.56. The number of hydrogen-bond acceptors (Lipinski definition) is 5. The number of phenolic OH excluding ortho intramolecular Hbond substituents is 1. The topological polar surface area (TPSA) is 89.8 Å². The SMILES string of the molecule is Cn1cc(C#Cc2cc(-c3ccccc3O)nnc2N)cn1. The van der Waals surface area contributed by atoms with Crippen LogP contribution in [0.3, 0.4) is 0 Å². The first-order valence-electron chi connectivity index (χ1n) is 6.56. The summed E-state index contributed by atoms with van der Waals surface area (Å²) >= 11 is 0. The Kier molecular flexibility index (Phi) is 3.46. The molecule has 0 amide bonds. The molecule has 0 saturated carbocycles. The van der Waals surface area contributed by atoms with Crippen LogP contribution < -0.4 is 5.73 Å². The number of aromatic nitrogens is 4. The Labute approximate surface area is 127 Å². The highest BCUT2D eigenvalue weighted by molar-refractivity contribution is 5.69. The summed E-state index contributed by atoms with van der Waals surface area (Å²) in [5, 5.41) is 21.9. The van der Waals surface area contributed by atoms with Crippen LogP contribution in [-0.2, 0) is 7.05 Å². The minimum atomic E-state index is 0.132. The van der Waals surface area contributed by atoms with Crippen molar-refractivity contribution in [2.24, 2.45) is 7.05 Å². The molecule has 108 valence electrons. The number of hydrogen-bond donors (Lipinski definition) is 2. The minimum absolute atomic E-state index is 0.132. The molecule has 1 aromatic carbocycles. The summed E-state index contributed by atoms with van der Waals surface area (Å²) in [6.07, 6.45) is 3.48. The number of nitrogen functional groups attached to an aromatic ring is 1. The van der Waals surface area contributed by atoms with Crippen LogP contribution in [0.15, 0.2) is 42.7 Å². The number of benzene rings is 1. The lowest BCUT2D eigenvalue weighted by Crippen LogP contribution is -1.99. The van der Waals surface area contributed by atoms with Crippen molar-refractivity contribution in [3.8, 4) is 28.8 Å². The molecule has 0 atom stereocenters. The molecule has 0 aliphatic rings. The molecule has 6 heteroatoms. The maximum absolute atomic E-state index is 9.89. The van der Waals surface area contributed by atoms with Gasteiger partial charge in [0.15, 0.2) is 5.82 Å². The lowest BCUT2D eigenvalue weighted by atomic mass is 10.1. The lowest BCUT2D eigenvalue weighted by molar-refractivity contribution is 0.477. The summed E-state index contributed by atoms with van der Waals surface area (Å²) in [4.78, 5) is 0. The second kappa shape index (κ2) is 5.58. The summed E-state index contributed by atoms with van der Waals surface area (Å²) < 4.78 is 1.67. The summed E-state index contributed by atoms with van der Waals surface area (Å²) in [5.74, 6) is 6.31. The Balaban J connectivity index is 2.01. The fourth-order valence-electron chi connectivity index (χ4n) is 1.95. The number of rotatable bonds is 1. The maximum atomic E-state index is 9.89. The van der Waals surface area contributed by atoms with Crippen LogP contribution in [0.2, 0.25) is 0 Å². The summed E-state index contributed by atoms with van der Waals surface area (Å²) in [6.45, 7) is 0. The highest BCUT2D eigenvalue weighted by atomic mass is 16.3. The average molecular weight is 291 g/mol. The van der Waals surface area contributed by atoms with Gasteiger partial charge < -0.3 is 10.8 Å². The minimum Gasteiger partial charge on any atom is -0.507 e. The molecule has 2 heterocycles. The normalized spacial score (nSPS) is 10.0. The molecule has 6 nitrogen and oxygen atoms in total. The van der Waals surface area contributed by atoms with E-state index < -0.39 is 0 Å². The quantitative estimate of drug-likeness (QED) is 0.664. The van der Waals surface area contributed by atoms with E-state index in [-0.39, 0.29) is 11.6 Å². The van der Waals surface area contributed by atoms with Crippen LogP contribution in [-0.4, -0.2) is 25.1 Å². The number of para-hydroxylation sites is 1. The zero-order valence-electron chi connectivity index (χ0n) is 11.9. The molecule has 0 aliphatic carbocycles. The molecule has 22 heavy (non-hydrogen) atoms. The average Bonchev–Trinajstić information content (AvgIpc) is 2.93. The lowest BCUT2D eigenvalue weighted by Gasteiger charge is -2.04. The zero-order chi connectivity index (χ0) is 15.5. The van der Waals surface area contributed by atoms with Gasteiger partial charge in [-0.25, -0.2) is 0 Å². The van der Waals surface area contributed by atoms with E-state index in [0.29, 0.717) is 16.8 Å². The summed E-state index contributed by atoms with van der Waals surface area (Å²) in [6, 6.07) is 8.61. The van der Waals surface area contributed by atoms with Crippen molar-refractivity contribution >= 4 is 5.82 Å². The van der Waals surface area contributed by atoms with E-state index in [4.69, 9.17) is 5.73 Å². The Morgan fingerprint density at radius 1 is 1.18 bits per heavy atom. The van der Waals surface area contributed by atoms with E-state index in [1.165, 1.54) is 0 Å². The van der Waals surface area contributed by atoms with Gasteiger partial charge in [0.05, 0.1) is 23.0 Å². The van der Waals surface area contributed by atoms with Crippen LogP contribution >= 0.6 is 0 Å². The standard InChI is InChI=1S/C16H13N5O/c1-21-10-11(9-18-21)6-7-12-8-14(19-20-16(12)17)13-4-2-3-5-15(13)22/h2-5,8-10,22H,1H3,(H2,17,20). The van der Waals surface area contributed by atoms with Gasteiger partial charge in [-0.05, 0) is 18.2 Å². The Morgan fingerprint density at radius 2 is 2.00 bits per heavy atom. The molecule has 0 spiro atoms. The number of aromatic hydroxyl groups is 1. The molecule has 0 bridgehead atoms. The van der Waals surface area contributed by atoms with Crippen LogP contribution in [0.25, 0.3) is 11.3 Å². The van der Waals surface area contributed by atoms with Gasteiger partial charge in [-0.2, -0.15) is 5.10 Å². The molecule has 3 rings (SSSR count). The number of phenols is 1. The Morgan fingerprint density at radius 3 is 2.73 bits per heavy atom. The zero-order valence-corrected chi connectivity index (χ0v) is 11.9. The second-order valence-electron chi connectivity index (χ2n) is 4.70. The van der Waals surface area contributed by atoms with Gasteiger partial charge in [-0.1, -0.05) is 24.0 Å². The van der Waals surface area contributed by atoms with E-state index in [1.807, 2.05) is 19.3 Å². The smallest absolute Gasteiger partial charge is 0.161 e. The van der Waals surface area contributed by atoms with Gasteiger partial charge in [-0.3, -0.25) is 4.68 Å². The molecule has 3 N–H and O–H groups in total. The third-order valence-electron chi connectivity index (χ3n) is 3.05. The highest BCUT2D eigenvalue weighted by Gasteiger charge is 2.08. The number of nitrogens with zero attached hydrogens (tertiary/aromatic N) is 4. The molecular weight excluding hydrogens is 278 g/mol. The van der Waals surface area contributed by atoms with Gasteiger partial charge in [0.2, 0.25) is 0 Å². The maximum Gasteiger partial charge on any atom is 0.161 e. The van der Waals surface area contributed by atoms with E-state index in [9.17, 15) is 5.11 Å². The first-order valence-corrected chi connectivity index (χ1v) is 6.56. The number of aryl methyl sites for hydroxylation is 1. The molecule has 0 radical (unpaired) electrons. The predicted molar refractivity (Wildman–Crippen MR) is 82.7 cm³/mol. The monoisotopic (exact) mass is 291 g/mol. The van der Waals surface area contributed by atoms with Crippen molar-refractivity contribution < 1.29 is 5.11 Å². The Hall–Kier alpha value is -3.33. The van der Waals surface area contributed by atoms with Gasteiger partial charge in [0, 0.05) is 18.8 Å². The van der Waals surface area contributed by atoms with Crippen molar-refractivity contribution in [1.29, 1.82) is 0 Å². The van der Waals surface area contributed by atoms with E-state index in [1.54, 1.807) is 35.1 Å². The first kappa shape index (κ1) is 13.6. The molecule has 2 aromatic heterocycles. The van der Waals surface area contributed by atoms with Crippen molar-refractivity contribution in [3.05, 3.63) is 53.9 Å². The largest absolute Gasteiger partial charge is 0.507 e. The molecule has 0 unspecified atom stereocenters. The van der Waals surface area contributed by atoms with Crippen molar-refractivity contribution in [2.45, 2.75) is 0 Å². The third-order valence-corrected chi connectivity index (χ3v) is 3.05. The fourth-order valence-corrected chi connectivity index (χ4v) is 1.95. The van der Waals surface area contributed by atoms with E-state index in [2.05, 4.69) is 27.1 Å². The van der Waals surface area contributed by atoms with Crippen LogP contribution in [0, 0.1) is 11.8 Å². The van der Waals surface area contributed by atoms with Crippen molar-refractivity contribution in [3.63, 3.8) is 0 Å². The van der Waals surface area contributed by atoms with E-state index >= 15 is 0 Å². The number of nitrogens with two attached hydrogens (primary N) is 1. The highest BCUT2D eigenvalue weighted by Crippen LogP contribution is 2.27. The first-order chi connectivity index (χ1) is 10.6.